The van der Waals surface area contributed by atoms with Crippen molar-refractivity contribution in [1.82, 2.24) is 9.97 Å². The van der Waals surface area contributed by atoms with Crippen molar-refractivity contribution in [1.29, 1.82) is 5.26 Å². The third-order valence-corrected chi connectivity index (χ3v) is 2.44. The van der Waals surface area contributed by atoms with E-state index in [0.29, 0.717) is 26.1 Å². The highest BCUT2D eigenvalue weighted by atomic mass is 79.9. The van der Waals surface area contributed by atoms with Crippen LogP contribution >= 0.6 is 15.9 Å². The molecular formula is C10H13BrN4O. The van der Waals surface area contributed by atoms with E-state index in [1.54, 1.807) is 7.11 Å². The molecule has 0 unspecified atom stereocenters. The summed E-state index contributed by atoms with van der Waals surface area (Å²) in [5.74, 6) is 0.800. The lowest BCUT2D eigenvalue weighted by molar-refractivity contribution is 0.205. The summed E-state index contributed by atoms with van der Waals surface area (Å²) in [5.41, 5.74) is 0. The smallest absolute Gasteiger partial charge is 0.133 e. The van der Waals surface area contributed by atoms with Crippen LogP contribution in [0.5, 0.6) is 0 Å². The molecule has 0 spiro atoms. The van der Waals surface area contributed by atoms with Crippen molar-refractivity contribution in [2.75, 3.05) is 31.7 Å². The molecule has 86 valence electrons. The summed E-state index contributed by atoms with van der Waals surface area (Å²) < 4.78 is 5.76. The summed E-state index contributed by atoms with van der Waals surface area (Å²) in [6, 6.07) is 3.95. The maximum atomic E-state index is 8.59. The normalized spacial score (nSPS) is 9.81. The number of halogens is 1. The zero-order valence-corrected chi connectivity index (χ0v) is 10.6. The van der Waals surface area contributed by atoms with Gasteiger partial charge in [-0.1, -0.05) is 0 Å². The Balaban J connectivity index is 2.70. The van der Waals surface area contributed by atoms with Gasteiger partial charge in [-0.3, -0.25) is 0 Å². The van der Waals surface area contributed by atoms with Crippen molar-refractivity contribution in [2.45, 2.75) is 6.42 Å². The van der Waals surface area contributed by atoms with Crippen LogP contribution in [-0.4, -0.2) is 36.8 Å². The number of methoxy groups -OCH3 is 1. The molecule has 1 aromatic heterocycles. The minimum Gasteiger partial charge on any atom is -0.383 e. The van der Waals surface area contributed by atoms with Crippen molar-refractivity contribution in [2.24, 2.45) is 0 Å². The van der Waals surface area contributed by atoms with Crippen LogP contribution in [0, 0.1) is 11.3 Å². The molecule has 6 heteroatoms. The van der Waals surface area contributed by atoms with Crippen molar-refractivity contribution in [3.8, 4) is 6.07 Å². The Bertz CT molecular complexity index is 366. The van der Waals surface area contributed by atoms with E-state index in [0.717, 1.165) is 10.4 Å². The lowest BCUT2D eigenvalue weighted by Crippen LogP contribution is -2.29. The quantitative estimate of drug-likeness (QED) is 0.743. The first kappa shape index (κ1) is 12.9. The fourth-order valence-electron chi connectivity index (χ4n) is 1.22. The highest BCUT2D eigenvalue weighted by molar-refractivity contribution is 9.10. The van der Waals surface area contributed by atoms with Gasteiger partial charge in [-0.2, -0.15) is 5.26 Å². The molecule has 1 aromatic rings. The summed E-state index contributed by atoms with van der Waals surface area (Å²) in [4.78, 5) is 10.1. The molecule has 0 saturated heterocycles. The summed E-state index contributed by atoms with van der Waals surface area (Å²) >= 11 is 3.29. The van der Waals surface area contributed by atoms with Crippen LogP contribution in [0.25, 0.3) is 0 Å². The molecule has 0 radical (unpaired) electrons. The molecule has 0 aromatic carbocycles. The Labute approximate surface area is 103 Å². The number of hydrogen-bond donors (Lipinski definition) is 0. The average Bonchev–Trinajstić information content (AvgIpc) is 2.29. The minimum atomic E-state index is 0.464. The van der Waals surface area contributed by atoms with Crippen LogP contribution in [-0.2, 0) is 4.74 Å². The Morgan fingerprint density at radius 3 is 2.94 bits per heavy atom. The van der Waals surface area contributed by atoms with E-state index in [2.05, 4.69) is 32.0 Å². The maximum absolute atomic E-state index is 8.59. The van der Waals surface area contributed by atoms with Gasteiger partial charge >= 0.3 is 0 Å². The number of nitriles is 1. The Hall–Kier alpha value is -1.19. The fraction of sp³-hybridized carbons (Fsp3) is 0.500. The van der Waals surface area contributed by atoms with Crippen LogP contribution in [0.1, 0.15) is 6.42 Å². The summed E-state index contributed by atoms with van der Waals surface area (Å²) in [5, 5.41) is 8.59. The van der Waals surface area contributed by atoms with Gasteiger partial charge in [0.25, 0.3) is 0 Å². The first-order valence-electron chi connectivity index (χ1n) is 4.86. The van der Waals surface area contributed by atoms with Gasteiger partial charge in [0, 0.05) is 26.3 Å². The number of aromatic nitrogens is 2. The first-order valence-corrected chi connectivity index (χ1v) is 5.65. The highest BCUT2D eigenvalue weighted by Crippen LogP contribution is 2.14. The molecule has 1 rings (SSSR count). The zero-order valence-electron chi connectivity index (χ0n) is 9.06. The second-order valence-electron chi connectivity index (χ2n) is 3.09. The topological polar surface area (TPSA) is 62.0 Å². The molecule has 0 aliphatic heterocycles. The number of anilines is 1. The maximum Gasteiger partial charge on any atom is 0.133 e. The van der Waals surface area contributed by atoms with Crippen LogP contribution in [0.3, 0.4) is 0 Å². The van der Waals surface area contributed by atoms with E-state index in [1.165, 1.54) is 6.33 Å². The third-order valence-electron chi connectivity index (χ3n) is 2.00. The van der Waals surface area contributed by atoms with Crippen molar-refractivity contribution in [3.63, 3.8) is 0 Å². The highest BCUT2D eigenvalue weighted by Gasteiger charge is 2.07. The zero-order chi connectivity index (χ0) is 11.8. The van der Waals surface area contributed by atoms with Crippen LogP contribution in [0.2, 0.25) is 0 Å². The Kier molecular flexibility index (Phi) is 5.75. The van der Waals surface area contributed by atoms with Crippen molar-refractivity contribution >= 4 is 21.7 Å². The molecule has 0 amide bonds. The minimum absolute atomic E-state index is 0.464. The average molecular weight is 285 g/mol. The van der Waals surface area contributed by atoms with Gasteiger partial charge in [0.05, 0.1) is 19.1 Å². The summed E-state index contributed by atoms with van der Waals surface area (Å²) in [6.07, 6.45) is 1.96. The van der Waals surface area contributed by atoms with Gasteiger partial charge in [0.2, 0.25) is 0 Å². The second-order valence-corrected chi connectivity index (χ2v) is 3.90. The van der Waals surface area contributed by atoms with Gasteiger partial charge < -0.3 is 9.64 Å². The largest absolute Gasteiger partial charge is 0.383 e. The SMILES string of the molecule is COCCN(CCC#N)c1cc(Br)ncn1. The van der Waals surface area contributed by atoms with Crippen LogP contribution in [0.4, 0.5) is 5.82 Å². The summed E-state index contributed by atoms with van der Waals surface area (Å²) in [7, 11) is 1.65. The molecule has 1 heterocycles. The summed E-state index contributed by atoms with van der Waals surface area (Å²) in [6.45, 7) is 1.96. The number of hydrogen-bond acceptors (Lipinski definition) is 5. The van der Waals surface area contributed by atoms with E-state index in [4.69, 9.17) is 10.00 Å². The van der Waals surface area contributed by atoms with E-state index in [9.17, 15) is 0 Å². The molecule has 0 aliphatic rings. The van der Waals surface area contributed by atoms with E-state index in [-0.39, 0.29) is 0 Å². The molecule has 16 heavy (non-hydrogen) atoms. The first-order chi connectivity index (χ1) is 7.77. The molecule has 5 nitrogen and oxygen atoms in total. The third kappa shape index (κ3) is 4.13. The predicted octanol–water partition coefficient (Wildman–Crippen LogP) is 1.61. The van der Waals surface area contributed by atoms with Crippen LogP contribution < -0.4 is 4.90 Å². The molecule has 0 saturated carbocycles. The molecule has 0 atom stereocenters. The predicted molar refractivity (Wildman–Crippen MR) is 64.1 cm³/mol. The number of ether oxygens (including phenoxy) is 1. The van der Waals surface area contributed by atoms with E-state index >= 15 is 0 Å². The molecule has 0 aliphatic carbocycles. The molecular weight excluding hydrogens is 272 g/mol. The van der Waals surface area contributed by atoms with Gasteiger partial charge in [0.1, 0.15) is 16.7 Å². The van der Waals surface area contributed by atoms with Crippen LogP contribution in [0.15, 0.2) is 17.0 Å². The van der Waals surface area contributed by atoms with E-state index in [1.807, 2.05) is 11.0 Å². The van der Waals surface area contributed by atoms with Gasteiger partial charge in [-0.15, -0.1) is 0 Å². The number of nitrogens with zero attached hydrogens (tertiary/aromatic N) is 4. The fourth-order valence-corrected chi connectivity index (χ4v) is 1.52. The lowest BCUT2D eigenvalue weighted by Gasteiger charge is -2.21. The molecule has 0 N–H and O–H groups in total. The lowest BCUT2D eigenvalue weighted by atomic mass is 10.4. The van der Waals surface area contributed by atoms with E-state index < -0.39 is 0 Å². The molecule has 0 bridgehead atoms. The standard InChI is InChI=1S/C10H13BrN4O/c1-16-6-5-15(4-2-3-12)10-7-9(11)13-8-14-10/h7-8H,2,4-6H2,1H3. The second kappa shape index (κ2) is 7.14. The Morgan fingerprint density at radius 1 is 1.50 bits per heavy atom. The van der Waals surface area contributed by atoms with Gasteiger partial charge in [-0.05, 0) is 15.9 Å². The molecule has 0 fully saturated rings. The van der Waals surface area contributed by atoms with Gasteiger partial charge in [-0.25, -0.2) is 9.97 Å². The number of rotatable bonds is 6. The Morgan fingerprint density at radius 2 is 2.31 bits per heavy atom. The van der Waals surface area contributed by atoms with Gasteiger partial charge in [0.15, 0.2) is 0 Å². The monoisotopic (exact) mass is 284 g/mol. The van der Waals surface area contributed by atoms with Crippen molar-refractivity contribution in [3.05, 3.63) is 17.0 Å². The van der Waals surface area contributed by atoms with Crippen molar-refractivity contribution < 1.29 is 4.74 Å².